The molecule has 0 spiro atoms. The van der Waals surface area contributed by atoms with E-state index in [1.54, 1.807) is 24.3 Å². The first-order valence-electron chi connectivity index (χ1n) is 7.93. The van der Waals surface area contributed by atoms with Gasteiger partial charge in [0.1, 0.15) is 11.9 Å². The number of hydrogen-bond donors (Lipinski definition) is 0. The number of carbonyl (C=O) groups excluding carboxylic acids is 3. The minimum Gasteiger partial charge on any atom is -0.325 e. The average Bonchev–Trinajstić information content (AvgIpc) is 2.94. The standard InChI is InChI=1S/C19H17ClN2O3/c20-12-18(24)21(13-14-7-3-1-4-8-14)16-11-17(23)22(19(16)25)15-9-5-2-6-10-15/h1-10,16H,11-13H2/t16-/m0/s1. The third-order valence-electron chi connectivity index (χ3n) is 4.14. The van der Waals surface area contributed by atoms with Gasteiger partial charge in [0.25, 0.3) is 5.91 Å². The molecule has 0 unspecified atom stereocenters. The van der Waals surface area contributed by atoms with E-state index in [2.05, 4.69) is 0 Å². The van der Waals surface area contributed by atoms with Gasteiger partial charge in [-0.2, -0.15) is 0 Å². The van der Waals surface area contributed by atoms with E-state index < -0.39 is 11.9 Å². The molecule has 25 heavy (non-hydrogen) atoms. The smallest absolute Gasteiger partial charge is 0.257 e. The lowest BCUT2D eigenvalue weighted by Gasteiger charge is -2.27. The van der Waals surface area contributed by atoms with Crippen LogP contribution in [0.5, 0.6) is 0 Å². The summed E-state index contributed by atoms with van der Waals surface area (Å²) in [7, 11) is 0. The first-order chi connectivity index (χ1) is 12.1. The van der Waals surface area contributed by atoms with Crippen LogP contribution in [0.3, 0.4) is 0 Å². The summed E-state index contributed by atoms with van der Waals surface area (Å²) in [5, 5.41) is 0. The highest BCUT2D eigenvalue weighted by molar-refractivity contribution is 6.28. The van der Waals surface area contributed by atoms with Crippen molar-refractivity contribution in [2.45, 2.75) is 19.0 Å². The molecule has 3 amide bonds. The van der Waals surface area contributed by atoms with Gasteiger partial charge in [-0.3, -0.25) is 14.4 Å². The van der Waals surface area contributed by atoms with Crippen molar-refractivity contribution in [2.24, 2.45) is 0 Å². The van der Waals surface area contributed by atoms with Crippen LogP contribution in [0.2, 0.25) is 0 Å². The molecule has 1 aliphatic heterocycles. The maximum Gasteiger partial charge on any atom is 0.257 e. The first-order valence-corrected chi connectivity index (χ1v) is 8.46. The number of halogens is 1. The van der Waals surface area contributed by atoms with Crippen LogP contribution in [0, 0.1) is 0 Å². The fourth-order valence-corrected chi connectivity index (χ4v) is 3.09. The van der Waals surface area contributed by atoms with Crippen LogP contribution in [0.1, 0.15) is 12.0 Å². The third kappa shape index (κ3) is 3.56. The van der Waals surface area contributed by atoms with Gasteiger partial charge in [0.2, 0.25) is 11.8 Å². The summed E-state index contributed by atoms with van der Waals surface area (Å²) >= 11 is 5.73. The summed E-state index contributed by atoms with van der Waals surface area (Å²) in [4.78, 5) is 40.1. The molecule has 5 nitrogen and oxygen atoms in total. The lowest BCUT2D eigenvalue weighted by atomic mass is 10.1. The second kappa shape index (κ2) is 7.49. The van der Waals surface area contributed by atoms with Crippen LogP contribution in [0.4, 0.5) is 5.69 Å². The Morgan fingerprint density at radius 2 is 1.64 bits per heavy atom. The Bertz CT molecular complexity index is 780. The van der Waals surface area contributed by atoms with E-state index in [0.717, 1.165) is 10.5 Å². The lowest BCUT2D eigenvalue weighted by Crippen LogP contribution is -2.45. The molecule has 0 N–H and O–H groups in total. The SMILES string of the molecule is O=C1C[C@H](N(Cc2ccccc2)C(=O)CCl)C(=O)N1c1ccccc1. The van der Waals surface area contributed by atoms with Crippen LogP contribution in [0.15, 0.2) is 60.7 Å². The Hall–Kier alpha value is -2.66. The second-order valence-electron chi connectivity index (χ2n) is 5.76. The molecule has 1 aliphatic rings. The topological polar surface area (TPSA) is 57.7 Å². The Labute approximate surface area is 150 Å². The zero-order valence-electron chi connectivity index (χ0n) is 13.5. The molecule has 1 saturated heterocycles. The van der Waals surface area contributed by atoms with Crippen LogP contribution in [0.25, 0.3) is 0 Å². The van der Waals surface area contributed by atoms with Crippen molar-refractivity contribution >= 4 is 35.0 Å². The van der Waals surface area contributed by atoms with Gasteiger partial charge in [-0.15, -0.1) is 11.6 Å². The molecule has 1 heterocycles. The number of benzene rings is 2. The summed E-state index contributed by atoms with van der Waals surface area (Å²) in [6.45, 7) is 0.235. The summed E-state index contributed by atoms with van der Waals surface area (Å²) in [5.41, 5.74) is 1.39. The first kappa shape index (κ1) is 17.2. The molecule has 1 atom stereocenters. The predicted molar refractivity (Wildman–Crippen MR) is 95.1 cm³/mol. The normalized spacial score (nSPS) is 17.0. The van der Waals surface area contributed by atoms with Gasteiger partial charge < -0.3 is 4.90 Å². The van der Waals surface area contributed by atoms with E-state index >= 15 is 0 Å². The Morgan fingerprint density at radius 3 is 2.24 bits per heavy atom. The Morgan fingerprint density at radius 1 is 1.04 bits per heavy atom. The van der Waals surface area contributed by atoms with E-state index in [9.17, 15) is 14.4 Å². The van der Waals surface area contributed by atoms with Gasteiger partial charge in [-0.05, 0) is 17.7 Å². The van der Waals surface area contributed by atoms with Crippen LogP contribution in [-0.2, 0) is 20.9 Å². The third-order valence-corrected chi connectivity index (χ3v) is 4.37. The number of hydrogen-bond acceptors (Lipinski definition) is 3. The van der Waals surface area contributed by atoms with Crippen molar-refractivity contribution < 1.29 is 14.4 Å². The molecule has 2 aromatic carbocycles. The van der Waals surface area contributed by atoms with Crippen molar-refractivity contribution in [1.82, 2.24) is 4.90 Å². The molecule has 128 valence electrons. The molecule has 3 rings (SSSR count). The van der Waals surface area contributed by atoms with Crippen LogP contribution in [-0.4, -0.2) is 34.5 Å². The van der Waals surface area contributed by atoms with Gasteiger partial charge in [-0.1, -0.05) is 48.5 Å². The van der Waals surface area contributed by atoms with Crippen molar-refractivity contribution in [3.63, 3.8) is 0 Å². The minimum absolute atomic E-state index is 0.0385. The molecule has 0 aliphatic carbocycles. The van der Waals surface area contributed by atoms with Crippen molar-refractivity contribution in [3.8, 4) is 0 Å². The van der Waals surface area contributed by atoms with Crippen LogP contribution < -0.4 is 4.90 Å². The van der Waals surface area contributed by atoms with Crippen LogP contribution >= 0.6 is 11.6 Å². The molecule has 1 fully saturated rings. The summed E-state index contributed by atoms with van der Waals surface area (Å²) in [5.74, 6) is -1.32. The van der Waals surface area contributed by atoms with Gasteiger partial charge in [0.05, 0.1) is 12.1 Å². The lowest BCUT2D eigenvalue weighted by molar-refractivity contribution is -0.136. The summed E-state index contributed by atoms with van der Waals surface area (Å²) < 4.78 is 0. The fraction of sp³-hybridized carbons (Fsp3) is 0.211. The van der Waals surface area contributed by atoms with Crippen molar-refractivity contribution in [1.29, 1.82) is 0 Å². The van der Waals surface area contributed by atoms with Crippen molar-refractivity contribution in [3.05, 3.63) is 66.2 Å². The number of alkyl halides is 1. The number of imide groups is 1. The maximum atomic E-state index is 12.8. The van der Waals surface area contributed by atoms with E-state index in [1.807, 2.05) is 36.4 Å². The molecule has 0 aromatic heterocycles. The number of amides is 3. The quantitative estimate of drug-likeness (QED) is 0.611. The molecule has 0 saturated carbocycles. The zero-order valence-corrected chi connectivity index (χ0v) is 14.2. The van der Waals surface area contributed by atoms with E-state index in [-0.39, 0.29) is 30.7 Å². The zero-order chi connectivity index (χ0) is 17.8. The Kier molecular flexibility index (Phi) is 5.14. The monoisotopic (exact) mass is 356 g/mol. The summed E-state index contributed by atoms with van der Waals surface area (Å²) in [6, 6.07) is 17.2. The predicted octanol–water partition coefficient (Wildman–Crippen LogP) is 2.59. The molecule has 6 heteroatoms. The minimum atomic E-state index is -0.834. The number of anilines is 1. The number of nitrogens with zero attached hydrogens (tertiary/aromatic N) is 2. The molecule has 0 bridgehead atoms. The second-order valence-corrected chi connectivity index (χ2v) is 6.03. The Balaban J connectivity index is 1.88. The maximum absolute atomic E-state index is 12.8. The number of carbonyl (C=O) groups is 3. The average molecular weight is 357 g/mol. The number of rotatable bonds is 5. The van der Waals surface area contributed by atoms with Crippen molar-refractivity contribution in [2.75, 3.05) is 10.8 Å². The molecule has 0 radical (unpaired) electrons. The van der Waals surface area contributed by atoms with Gasteiger partial charge in [0, 0.05) is 6.54 Å². The highest BCUT2D eigenvalue weighted by atomic mass is 35.5. The largest absolute Gasteiger partial charge is 0.325 e. The molecular weight excluding hydrogens is 340 g/mol. The highest BCUT2D eigenvalue weighted by Crippen LogP contribution is 2.26. The number of para-hydroxylation sites is 1. The van der Waals surface area contributed by atoms with E-state index in [4.69, 9.17) is 11.6 Å². The summed E-state index contributed by atoms with van der Waals surface area (Å²) in [6.07, 6.45) is -0.0385. The highest BCUT2D eigenvalue weighted by Gasteiger charge is 2.44. The van der Waals surface area contributed by atoms with E-state index in [0.29, 0.717) is 5.69 Å². The van der Waals surface area contributed by atoms with Gasteiger partial charge in [0.15, 0.2) is 0 Å². The van der Waals surface area contributed by atoms with Gasteiger partial charge in [-0.25, -0.2) is 4.90 Å². The molecular formula is C19H17ClN2O3. The van der Waals surface area contributed by atoms with E-state index in [1.165, 1.54) is 4.90 Å². The fourth-order valence-electron chi connectivity index (χ4n) is 2.94. The van der Waals surface area contributed by atoms with Gasteiger partial charge >= 0.3 is 0 Å². The molecule has 2 aromatic rings.